The summed E-state index contributed by atoms with van der Waals surface area (Å²) in [6, 6.07) is 5.87. The average molecular weight is 209 g/mol. The number of rotatable bonds is 4. The third kappa shape index (κ3) is 2.22. The van der Waals surface area contributed by atoms with Crippen molar-refractivity contribution in [3.63, 3.8) is 0 Å². The van der Waals surface area contributed by atoms with Gasteiger partial charge in [0.15, 0.2) is 11.5 Å². The normalized spacial score (nSPS) is 13.5. The molecule has 0 aromatic heterocycles. The molecule has 1 heterocycles. The summed E-state index contributed by atoms with van der Waals surface area (Å²) in [6.45, 7) is 1.89. The first-order valence-corrected chi connectivity index (χ1v) is 4.98. The summed E-state index contributed by atoms with van der Waals surface area (Å²) >= 11 is 0. The Morgan fingerprint density at radius 1 is 1.40 bits per heavy atom. The number of hydrogen-bond acceptors (Lipinski definition) is 4. The number of fused-ring (bicyclic) bond motifs is 1. The van der Waals surface area contributed by atoms with Gasteiger partial charge >= 0.3 is 0 Å². The number of benzene rings is 1. The van der Waals surface area contributed by atoms with E-state index in [1.54, 1.807) is 0 Å². The predicted octanol–water partition coefficient (Wildman–Crippen LogP) is 0.839. The second kappa shape index (κ2) is 4.51. The highest BCUT2D eigenvalue weighted by molar-refractivity contribution is 5.48. The summed E-state index contributed by atoms with van der Waals surface area (Å²) in [5.41, 5.74) is 1.10. The topological polar surface area (TPSA) is 41.9 Å². The minimum Gasteiger partial charge on any atom is -0.454 e. The highest BCUT2D eigenvalue weighted by Crippen LogP contribution is 2.35. The summed E-state index contributed by atoms with van der Waals surface area (Å²) in [7, 11) is 1.96. The number of hydrogen-bond donors (Lipinski definition) is 1. The van der Waals surface area contributed by atoms with Crippen LogP contribution in [0.5, 0.6) is 11.5 Å². The Labute approximate surface area is 89.0 Å². The van der Waals surface area contributed by atoms with E-state index < -0.39 is 0 Å². The molecule has 0 saturated heterocycles. The summed E-state index contributed by atoms with van der Waals surface area (Å²) < 4.78 is 10.7. The molecular weight excluding hydrogens is 194 g/mol. The highest BCUT2D eigenvalue weighted by atomic mass is 16.7. The van der Waals surface area contributed by atoms with Crippen LogP contribution in [0.1, 0.15) is 5.56 Å². The van der Waals surface area contributed by atoms with Crippen LogP contribution in [-0.2, 0) is 6.54 Å². The number of para-hydroxylation sites is 1. The van der Waals surface area contributed by atoms with E-state index in [-0.39, 0.29) is 6.61 Å². The average Bonchev–Trinajstić information content (AvgIpc) is 2.67. The van der Waals surface area contributed by atoms with Crippen LogP contribution in [0.3, 0.4) is 0 Å². The molecule has 0 saturated carbocycles. The highest BCUT2D eigenvalue weighted by Gasteiger charge is 2.17. The van der Waals surface area contributed by atoms with Crippen molar-refractivity contribution >= 4 is 0 Å². The molecule has 1 aromatic carbocycles. The molecule has 2 rings (SSSR count). The van der Waals surface area contributed by atoms with Crippen LogP contribution in [0.15, 0.2) is 18.2 Å². The van der Waals surface area contributed by atoms with Crippen molar-refractivity contribution < 1.29 is 14.6 Å². The van der Waals surface area contributed by atoms with Gasteiger partial charge in [0.05, 0.1) is 6.61 Å². The van der Waals surface area contributed by atoms with E-state index in [4.69, 9.17) is 14.6 Å². The predicted molar refractivity (Wildman–Crippen MR) is 56.0 cm³/mol. The van der Waals surface area contributed by atoms with Crippen LogP contribution in [0.25, 0.3) is 0 Å². The van der Waals surface area contributed by atoms with Gasteiger partial charge in [0.25, 0.3) is 0 Å². The van der Waals surface area contributed by atoms with E-state index >= 15 is 0 Å². The van der Waals surface area contributed by atoms with Gasteiger partial charge in [-0.25, -0.2) is 0 Å². The maximum Gasteiger partial charge on any atom is 0.231 e. The van der Waals surface area contributed by atoms with E-state index in [1.165, 1.54) is 0 Å². The third-order valence-corrected chi connectivity index (χ3v) is 2.40. The van der Waals surface area contributed by atoms with Gasteiger partial charge in [0.2, 0.25) is 6.79 Å². The first-order valence-electron chi connectivity index (χ1n) is 4.98. The van der Waals surface area contributed by atoms with Crippen molar-refractivity contribution in [3.05, 3.63) is 23.8 Å². The zero-order valence-corrected chi connectivity index (χ0v) is 8.77. The molecule has 1 aliphatic heterocycles. The summed E-state index contributed by atoms with van der Waals surface area (Å²) in [4.78, 5) is 2.04. The molecule has 0 unspecified atom stereocenters. The van der Waals surface area contributed by atoms with Crippen molar-refractivity contribution in [2.75, 3.05) is 27.0 Å². The zero-order valence-electron chi connectivity index (χ0n) is 8.77. The Hall–Kier alpha value is -1.26. The lowest BCUT2D eigenvalue weighted by molar-refractivity contribution is 0.171. The maximum atomic E-state index is 8.81. The zero-order chi connectivity index (χ0) is 10.7. The molecule has 0 radical (unpaired) electrons. The molecule has 0 bridgehead atoms. The van der Waals surface area contributed by atoms with Gasteiger partial charge < -0.3 is 14.6 Å². The van der Waals surface area contributed by atoms with Gasteiger partial charge in [0, 0.05) is 18.7 Å². The van der Waals surface area contributed by atoms with Crippen molar-refractivity contribution in [3.8, 4) is 11.5 Å². The van der Waals surface area contributed by atoms with Crippen molar-refractivity contribution in [1.29, 1.82) is 0 Å². The number of aliphatic hydroxyl groups excluding tert-OH is 1. The lowest BCUT2D eigenvalue weighted by atomic mass is 10.2. The largest absolute Gasteiger partial charge is 0.454 e. The summed E-state index contributed by atoms with van der Waals surface area (Å²) in [5, 5.41) is 8.81. The molecule has 4 heteroatoms. The molecule has 0 aliphatic carbocycles. The minimum absolute atomic E-state index is 0.170. The molecule has 15 heavy (non-hydrogen) atoms. The van der Waals surface area contributed by atoms with Crippen LogP contribution in [-0.4, -0.2) is 37.0 Å². The molecule has 0 fully saturated rings. The molecule has 1 N–H and O–H groups in total. The monoisotopic (exact) mass is 209 g/mol. The van der Waals surface area contributed by atoms with E-state index in [0.717, 1.165) is 23.6 Å². The molecule has 4 nitrogen and oxygen atoms in total. The Morgan fingerprint density at radius 3 is 3.07 bits per heavy atom. The van der Waals surface area contributed by atoms with Gasteiger partial charge in [-0.1, -0.05) is 12.1 Å². The number of aliphatic hydroxyl groups is 1. The summed E-state index contributed by atoms with van der Waals surface area (Å²) in [6.07, 6.45) is 0. The van der Waals surface area contributed by atoms with E-state index in [2.05, 4.69) is 0 Å². The van der Waals surface area contributed by atoms with Gasteiger partial charge in [-0.15, -0.1) is 0 Å². The maximum absolute atomic E-state index is 8.81. The molecule has 1 aliphatic rings. The summed E-state index contributed by atoms with van der Waals surface area (Å²) in [5.74, 6) is 1.65. The molecule has 0 spiro atoms. The second-order valence-corrected chi connectivity index (χ2v) is 3.61. The van der Waals surface area contributed by atoms with Crippen LogP contribution >= 0.6 is 0 Å². The van der Waals surface area contributed by atoms with Crippen LogP contribution in [0.2, 0.25) is 0 Å². The fraction of sp³-hybridized carbons (Fsp3) is 0.455. The lowest BCUT2D eigenvalue weighted by Gasteiger charge is -2.15. The van der Waals surface area contributed by atoms with E-state index in [9.17, 15) is 0 Å². The first-order chi connectivity index (χ1) is 7.31. The number of nitrogens with zero attached hydrogens (tertiary/aromatic N) is 1. The third-order valence-electron chi connectivity index (χ3n) is 2.40. The SMILES string of the molecule is CN(CCO)Cc1cccc2c1OCO2. The molecule has 1 aromatic rings. The Balaban J connectivity index is 2.11. The Kier molecular flexibility index (Phi) is 3.08. The molecule has 82 valence electrons. The van der Waals surface area contributed by atoms with Gasteiger partial charge in [-0.05, 0) is 13.1 Å². The minimum atomic E-state index is 0.170. The van der Waals surface area contributed by atoms with Crippen LogP contribution in [0.4, 0.5) is 0 Å². The number of ether oxygens (including phenoxy) is 2. The van der Waals surface area contributed by atoms with Crippen molar-refractivity contribution in [2.24, 2.45) is 0 Å². The Bertz CT molecular complexity index is 341. The molecule has 0 amide bonds. The van der Waals surface area contributed by atoms with Gasteiger partial charge in [0.1, 0.15) is 0 Å². The first kappa shape index (κ1) is 10.3. The van der Waals surface area contributed by atoms with Crippen LogP contribution in [0, 0.1) is 0 Å². The smallest absolute Gasteiger partial charge is 0.231 e. The van der Waals surface area contributed by atoms with Gasteiger partial charge in [-0.2, -0.15) is 0 Å². The molecular formula is C11H15NO3. The second-order valence-electron chi connectivity index (χ2n) is 3.61. The Morgan fingerprint density at radius 2 is 2.27 bits per heavy atom. The standard InChI is InChI=1S/C11H15NO3/c1-12(5-6-13)7-9-3-2-4-10-11(9)15-8-14-10/h2-4,13H,5-8H2,1H3. The quantitative estimate of drug-likeness (QED) is 0.798. The van der Waals surface area contributed by atoms with E-state index in [0.29, 0.717) is 13.3 Å². The van der Waals surface area contributed by atoms with Gasteiger partial charge in [-0.3, -0.25) is 4.90 Å². The lowest BCUT2D eigenvalue weighted by Crippen LogP contribution is -2.21. The van der Waals surface area contributed by atoms with Crippen molar-refractivity contribution in [2.45, 2.75) is 6.54 Å². The number of likely N-dealkylation sites (N-methyl/N-ethyl adjacent to an activating group) is 1. The molecule has 0 atom stereocenters. The fourth-order valence-electron chi connectivity index (χ4n) is 1.66. The van der Waals surface area contributed by atoms with Crippen LogP contribution < -0.4 is 9.47 Å². The van der Waals surface area contributed by atoms with E-state index in [1.807, 2.05) is 30.1 Å². The fourth-order valence-corrected chi connectivity index (χ4v) is 1.66. The van der Waals surface area contributed by atoms with Crippen molar-refractivity contribution in [1.82, 2.24) is 4.90 Å².